The normalized spacial score (nSPS) is 23.5. The second-order valence-electron chi connectivity index (χ2n) is 5.19. The Labute approximate surface area is 120 Å². The summed E-state index contributed by atoms with van der Waals surface area (Å²) in [4.78, 5) is 2.36. The molecule has 1 aromatic rings. The number of methoxy groups -OCH3 is 1. The topological polar surface area (TPSA) is 24.5 Å². The Morgan fingerprint density at radius 1 is 1.47 bits per heavy atom. The Bertz CT molecular complexity index is 425. The predicted octanol–water partition coefficient (Wildman–Crippen LogP) is 3.17. The first-order valence-corrected chi connectivity index (χ1v) is 7.35. The monoisotopic (exact) mass is 282 g/mol. The van der Waals surface area contributed by atoms with E-state index >= 15 is 0 Å². The van der Waals surface area contributed by atoms with Gasteiger partial charge in [0.25, 0.3) is 0 Å². The van der Waals surface area contributed by atoms with E-state index in [1.807, 2.05) is 18.2 Å². The highest BCUT2D eigenvalue weighted by Gasteiger charge is 2.26. The molecule has 1 N–H and O–H groups in total. The van der Waals surface area contributed by atoms with Crippen molar-refractivity contribution in [2.24, 2.45) is 5.92 Å². The lowest BCUT2D eigenvalue weighted by Gasteiger charge is -2.39. The molecule has 0 saturated carbocycles. The third-order valence-electron chi connectivity index (χ3n) is 3.87. The lowest BCUT2D eigenvalue weighted by atomic mass is 9.93. The van der Waals surface area contributed by atoms with Gasteiger partial charge in [-0.3, -0.25) is 0 Å². The van der Waals surface area contributed by atoms with E-state index in [4.69, 9.17) is 16.3 Å². The van der Waals surface area contributed by atoms with Crippen molar-refractivity contribution < 1.29 is 4.74 Å². The zero-order valence-corrected chi connectivity index (χ0v) is 12.7. The van der Waals surface area contributed by atoms with Gasteiger partial charge in [0.15, 0.2) is 0 Å². The number of hydrogen-bond acceptors (Lipinski definition) is 3. The molecule has 1 saturated heterocycles. The standard InChI is InChI=1S/C15H23ClN2O/c1-4-17-14-7-8-18(10-11(14)2)15-9-12(19-3)5-6-13(15)16/h5-6,9,11,14,17H,4,7-8,10H2,1-3H3. The van der Waals surface area contributed by atoms with Crippen LogP contribution >= 0.6 is 11.6 Å². The quantitative estimate of drug-likeness (QED) is 0.918. The van der Waals surface area contributed by atoms with Crippen molar-refractivity contribution in [2.75, 3.05) is 31.6 Å². The molecule has 1 aromatic carbocycles. The molecule has 2 atom stereocenters. The maximum atomic E-state index is 6.32. The summed E-state index contributed by atoms with van der Waals surface area (Å²) in [5, 5.41) is 4.36. The summed E-state index contributed by atoms with van der Waals surface area (Å²) in [7, 11) is 1.69. The number of hydrogen-bond donors (Lipinski definition) is 1. The van der Waals surface area contributed by atoms with Gasteiger partial charge in [0, 0.05) is 25.2 Å². The molecule has 0 spiro atoms. The lowest BCUT2D eigenvalue weighted by Crippen LogP contribution is -2.48. The number of rotatable bonds is 4. The van der Waals surface area contributed by atoms with Crippen molar-refractivity contribution in [3.8, 4) is 5.75 Å². The van der Waals surface area contributed by atoms with E-state index in [0.717, 1.165) is 42.5 Å². The highest BCUT2D eigenvalue weighted by Crippen LogP contribution is 2.32. The molecule has 2 unspecified atom stereocenters. The van der Waals surface area contributed by atoms with Crippen LogP contribution in [-0.4, -0.2) is 32.8 Å². The number of halogens is 1. The Balaban J connectivity index is 2.11. The first-order chi connectivity index (χ1) is 9.15. The van der Waals surface area contributed by atoms with Crippen molar-refractivity contribution in [1.29, 1.82) is 0 Å². The third-order valence-corrected chi connectivity index (χ3v) is 4.19. The zero-order chi connectivity index (χ0) is 13.8. The van der Waals surface area contributed by atoms with Gasteiger partial charge in [-0.05, 0) is 31.0 Å². The van der Waals surface area contributed by atoms with E-state index in [1.54, 1.807) is 7.11 Å². The zero-order valence-electron chi connectivity index (χ0n) is 11.9. The average molecular weight is 283 g/mol. The molecule has 3 nitrogen and oxygen atoms in total. The van der Waals surface area contributed by atoms with Crippen LogP contribution in [0.5, 0.6) is 5.75 Å². The predicted molar refractivity (Wildman–Crippen MR) is 81.5 cm³/mol. The Morgan fingerprint density at radius 3 is 2.89 bits per heavy atom. The van der Waals surface area contributed by atoms with Crippen LogP contribution in [-0.2, 0) is 0 Å². The molecule has 1 heterocycles. The van der Waals surface area contributed by atoms with Crippen LogP contribution in [0.2, 0.25) is 5.02 Å². The average Bonchev–Trinajstić information content (AvgIpc) is 2.42. The maximum Gasteiger partial charge on any atom is 0.121 e. The molecule has 1 aliphatic rings. The number of nitrogens with zero attached hydrogens (tertiary/aromatic N) is 1. The molecule has 106 valence electrons. The molecule has 0 radical (unpaired) electrons. The molecular formula is C15H23ClN2O. The molecule has 0 aromatic heterocycles. The highest BCUT2D eigenvalue weighted by molar-refractivity contribution is 6.33. The van der Waals surface area contributed by atoms with Gasteiger partial charge in [-0.1, -0.05) is 25.4 Å². The minimum atomic E-state index is 0.616. The van der Waals surface area contributed by atoms with Gasteiger partial charge in [-0.15, -0.1) is 0 Å². The van der Waals surface area contributed by atoms with Crippen molar-refractivity contribution in [3.05, 3.63) is 23.2 Å². The Hall–Kier alpha value is -0.930. The molecule has 0 amide bonds. The second kappa shape index (κ2) is 6.49. The van der Waals surface area contributed by atoms with Gasteiger partial charge in [-0.2, -0.15) is 0 Å². The second-order valence-corrected chi connectivity index (χ2v) is 5.60. The van der Waals surface area contributed by atoms with Gasteiger partial charge in [-0.25, -0.2) is 0 Å². The molecule has 1 aliphatic heterocycles. The molecule has 4 heteroatoms. The van der Waals surface area contributed by atoms with Crippen molar-refractivity contribution in [1.82, 2.24) is 5.32 Å². The molecular weight excluding hydrogens is 260 g/mol. The van der Waals surface area contributed by atoms with E-state index in [2.05, 4.69) is 24.1 Å². The van der Waals surface area contributed by atoms with Crippen LogP contribution in [0.15, 0.2) is 18.2 Å². The smallest absolute Gasteiger partial charge is 0.121 e. The number of nitrogens with one attached hydrogen (secondary N) is 1. The fourth-order valence-electron chi connectivity index (χ4n) is 2.79. The number of piperidine rings is 1. The summed E-state index contributed by atoms with van der Waals surface area (Å²) in [6.07, 6.45) is 1.16. The van der Waals surface area contributed by atoms with E-state index in [0.29, 0.717) is 12.0 Å². The van der Waals surface area contributed by atoms with E-state index in [1.165, 1.54) is 0 Å². The van der Waals surface area contributed by atoms with Crippen LogP contribution in [0.3, 0.4) is 0 Å². The van der Waals surface area contributed by atoms with Gasteiger partial charge >= 0.3 is 0 Å². The largest absolute Gasteiger partial charge is 0.497 e. The SMILES string of the molecule is CCNC1CCN(c2cc(OC)ccc2Cl)CC1C. The van der Waals surface area contributed by atoms with E-state index in [-0.39, 0.29) is 0 Å². The van der Waals surface area contributed by atoms with Gasteiger partial charge in [0.2, 0.25) is 0 Å². The lowest BCUT2D eigenvalue weighted by molar-refractivity contribution is 0.326. The summed E-state index contributed by atoms with van der Waals surface area (Å²) in [5.74, 6) is 1.48. The summed E-state index contributed by atoms with van der Waals surface area (Å²) in [6, 6.07) is 6.46. The number of ether oxygens (including phenoxy) is 1. The van der Waals surface area contributed by atoms with E-state index in [9.17, 15) is 0 Å². The van der Waals surface area contributed by atoms with Gasteiger partial charge in [0.1, 0.15) is 5.75 Å². The Kier molecular flexibility index (Phi) is 4.94. The molecule has 19 heavy (non-hydrogen) atoms. The summed E-state index contributed by atoms with van der Waals surface area (Å²) >= 11 is 6.32. The van der Waals surface area contributed by atoms with Gasteiger partial charge < -0.3 is 15.0 Å². The third kappa shape index (κ3) is 3.34. The minimum Gasteiger partial charge on any atom is -0.497 e. The summed E-state index contributed by atoms with van der Waals surface area (Å²) in [5.41, 5.74) is 1.09. The summed E-state index contributed by atoms with van der Waals surface area (Å²) < 4.78 is 5.29. The number of anilines is 1. The molecule has 0 bridgehead atoms. The van der Waals surface area contributed by atoms with Crippen molar-refractivity contribution in [3.63, 3.8) is 0 Å². The molecule has 1 fully saturated rings. The molecule has 0 aliphatic carbocycles. The summed E-state index contributed by atoms with van der Waals surface area (Å²) in [6.45, 7) is 7.57. The Morgan fingerprint density at radius 2 is 2.26 bits per heavy atom. The van der Waals surface area contributed by atoms with Crippen LogP contribution in [0, 0.1) is 5.92 Å². The number of benzene rings is 1. The van der Waals surface area contributed by atoms with Crippen LogP contribution < -0.4 is 15.0 Å². The van der Waals surface area contributed by atoms with Crippen molar-refractivity contribution >= 4 is 17.3 Å². The first kappa shape index (κ1) is 14.5. The fourth-order valence-corrected chi connectivity index (χ4v) is 3.03. The maximum absolute atomic E-state index is 6.32. The van der Waals surface area contributed by atoms with Crippen LogP contribution in [0.1, 0.15) is 20.3 Å². The van der Waals surface area contributed by atoms with Crippen molar-refractivity contribution in [2.45, 2.75) is 26.3 Å². The van der Waals surface area contributed by atoms with Crippen LogP contribution in [0.4, 0.5) is 5.69 Å². The highest BCUT2D eigenvalue weighted by atomic mass is 35.5. The first-order valence-electron chi connectivity index (χ1n) is 6.97. The van der Waals surface area contributed by atoms with Gasteiger partial charge in [0.05, 0.1) is 17.8 Å². The molecule has 2 rings (SSSR count). The minimum absolute atomic E-state index is 0.616. The van der Waals surface area contributed by atoms with Crippen LogP contribution in [0.25, 0.3) is 0 Å². The fraction of sp³-hybridized carbons (Fsp3) is 0.600. The van der Waals surface area contributed by atoms with E-state index < -0.39 is 0 Å².